The van der Waals surface area contributed by atoms with Crippen LogP contribution in [-0.4, -0.2) is 50.2 Å². The van der Waals surface area contributed by atoms with Gasteiger partial charge in [0.05, 0.1) is 26.3 Å². The maximum atomic E-state index is 12.8. The molecular formula is C20H30N2O5. The van der Waals surface area contributed by atoms with E-state index < -0.39 is 24.0 Å². The number of amides is 1. The van der Waals surface area contributed by atoms with E-state index in [0.717, 1.165) is 5.56 Å². The van der Waals surface area contributed by atoms with Crippen molar-refractivity contribution in [2.75, 3.05) is 20.3 Å². The molecule has 0 spiro atoms. The number of ether oxygens (including phenoxy) is 2. The van der Waals surface area contributed by atoms with Crippen LogP contribution in [0.25, 0.3) is 0 Å². The first kappa shape index (κ1) is 22.6. The monoisotopic (exact) mass is 378 g/mol. The quantitative estimate of drug-likeness (QED) is 0.566. The van der Waals surface area contributed by atoms with Crippen LogP contribution in [0.1, 0.15) is 32.8 Å². The standard InChI is InChI=1S/C20H30N2O5/c1-5-27-18(23)13-21-16(12-15-9-7-6-8-10-15)19(24)22-17(11-14(2)3)20(25)26-4/h6-10,14,16-17,21H,5,11-13H2,1-4H3,(H,22,24)/t16-,17-/m0/s1. The van der Waals surface area contributed by atoms with Crippen LogP contribution in [0.15, 0.2) is 30.3 Å². The number of methoxy groups -OCH3 is 1. The highest BCUT2D eigenvalue weighted by Crippen LogP contribution is 2.08. The second-order valence-corrected chi connectivity index (χ2v) is 6.64. The summed E-state index contributed by atoms with van der Waals surface area (Å²) < 4.78 is 9.70. The summed E-state index contributed by atoms with van der Waals surface area (Å²) in [6.07, 6.45) is 0.843. The number of esters is 2. The fraction of sp³-hybridized carbons (Fsp3) is 0.550. The van der Waals surface area contributed by atoms with Gasteiger partial charge in [-0.1, -0.05) is 44.2 Å². The van der Waals surface area contributed by atoms with Crippen LogP contribution in [0.4, 0.5) is 0 Å². The second kappa shape index (κ2) is 12.1. The fourth-order valence-electron chi connectivity index (χ4n) is 2.63. The van der Waals surface area contributed by atoms with E-state index in [4.69, 9.17) is 9.47 Å². The zero-order valence-electron chi connectivity index (χ0n) is 16.5. The number of carbonyl (C=O) groups is 3. The molecule has 150 valence electrons. The lowest BCUT2D eigenvalue weighted by Gasteiger charge is -2.23. The van der Waals surface area contributed by atoms with Gasteiger partial charge in [0.2, 0.25) is 5.91 Å². The summed E-state index contributed by atoms with van der Waals surface area (Å²) >= 11 is 0. The van der Waals surface area contributed by atoms with Crippen LogP contribution in [0.5, 0.6) is 0 Å². The molecule has 0 saturated carbocycles. The number of carbonyl (C=O) groups excluding carboxylic acids is 3. The summed E-state index contributed by atoms with van der Waals surface area (Å²) in [6, 6.07) is 8.04. The Hall–Kier alpha value is -2.41. The van der Waals surface area contributed by atoms with Crippen LogP contribution in [0.3, 0.4) is 0 Å². The van der Waals surface area contributed by atoms with Crippen molar-refractivity contribution >= 4 is 17.8 Å². The van der Waals surface area contributed by atoms with E-state index in [2.05, 4.69) is 10.6 Å². The van der Waals surface area contributed by atoms with Gasteiger partial charge in [-0.3, -0.25) is 14.9 Å². The zero-order valence-corrected chi connectivity index (χ0v) is 16.5. The molecule has 7 heteroatoms. The van der Waals surface area contributed by atoms with Crippen LogP contribution in [0.2, 0.25) is 0 Å². The molecule has 0 unspecified atom stereocenters. The van der Waals surface area contributed by atoms with E-state index >= 15 is 0 Å². The van der Waals surface area contributed by atoms with Gasteiger partial charge < -0.3 is 14.8 Å². The molecule has 0 aliphatic carbocycles. The normalized spacial score (nSPS) is 12.9. The van der Waals surface area contributed by atoms with E-state index in [1.54, 1.807) is 6.92 Å². The van der Waals surface area contributed by atoms with Crippen LogP contribution < -0.4 is 10.6 Å². The summed E-state index contributed by atoms with van der Waals surface area (Å²) in [5.74, 6) is -1.08. The molecule has 0 aliphatic rings. The smallest absolute Gasteiger partial charge is 0.328 e. The summed E-state index contributed by atoms with van der Waals surface area (Å²) in [6.45, 7) is 5.82. The van der Waals surface area contributed by atoms with Crippen molar-refractivity contribution in [3.8, 4) is 0 Å². The van der Waals surface area contributed by atoms with E-state index in [-0.39, 0.29) is 25.0 Å². The van der Waals surface area contributed by atoms with Crippen molar-refractivity contribution in [3.05, 3.63) is 35.9 Å². The molecule has 1 amide bonds. The van der Waals surface area contributed by atoms with Gasteiger partial charge >= 0.3 is 11.9 Å². The Morgan fingerprint density at radius 3 is 2.30 bits per heavy atom. The van der Waals surface area contributed by atoms with E-state index in [1.165, 1.54) is 7.11 Å². The molecule has 0 fully saturated rings. The van der Waals surface area contributed by atoms with E-state index in [0.29, 0.717) is 12.8 Å². The molecule has 27 heavy (non-hydrogen) atoms. The summed E-state index contributed by atoms with van der Waals surface area (Å²) in [7, 11) is 1.29. The molecule has 0 radical (unpaired) electrons. The molecular weight excluding hydrogens is 348 g/mol. The Labute approximate surface area is 160 Å². The molecule has 0 heterocycles. The van der Waals surface area contributed by atoms with Gasteiger partial charge in [0.1, 0.15) is 6.04 Å². The zero-order chi connectivity index (χ0) is 20.2. The number of hydrogen-bond donors (Lipinski definition) is 2. The largest absolute Gasteiger partial charge is 0.467 e. The number of hydrogen-bond acceptors (Lipinski definition) is 6. The highest BCUT2D eigenvalue weighted by molar-refractivity contribution is 5.88. The van der Waals surface area contributed by atoms with Crippen molar-refractivity contribution < 1.29 is 23.9 Å². The number of benzene rings is 1. The lowest BCUT2D eigenvalue weighted by atomic mass is 10.0. The van der Waals surface area contributed by atoms with Crippen molar-refractivity contribution in [2.45, 2.75) is 45.7 Å². The Kier molecular flexibility index (Phi) is 10.1. The van der Waals surface area contributed by atoms with Gasteiger partial charge in [-0.2, -0.15) is 0 Å². The van der Waals surface area contributed by atoms with E-state index in [9.17, 15) is 14.4 Å². The van der Waals surface area contributed by atoms with Gasteiger partial charge in [0.15, 0.2) is 0 Å². The molecule has 0 bridgehead atoms. The molecule has 0 aliphatic heterocycles. The SMILES string of the molecule is CCOC(=O)CN[C@@H](Cc1ccccc1)C(=O)N[C@@H](CC(C)C)C(=O)OC. The molecule has 0 saturated heterocycles. The first-order valence-corrected chi connectivity index (χ1v) is 9.18. The molecule has 2 atom stereocenters. The highest BCUT2D eigenvalue weighted by atomic mass is 16.5. The topological polar surface area (TPSA) is 93.7 Å². The minimum absolute atomic E-state index is 0.0914. The minimum Gasteiger partial charge on any atom is -0.467 e. The molecule has 1 aromatic rings. The second-order valence-electron chi connectivity index (χ2n) is 6.64. The van der Waals surface area contributed by atoms with Crippen LogP contribution in [-0.2, 0) is 30.3 Å². The van der Waals surface area contributed by atoms with E-state index in [1.807, 2.05) is 44.2 Å². The predicted molar refractivity (Wildman–Crippen MR) is 102 cm³/mol. The summed E-state index contributed by atoms with van der Waals surface area (Å²) in [5, 5.41) is 5.68. The average Bonchev–Trinajstić information content (AvgIpc) is 2.64. The molecule has 0 aromatic heterocycles. The number of rotatable bonds is 11. The predicted octanol–water partition coefficient (Wildman–Crippen LogP) is 1.45. The lowest BCUT2D eigenvalue weighted by molar-refractivity contribution is -0.146. The Balaban J connectivity index is 2.85. The minimum atomic E-state index is -0.731. The van der Waals surface area contributed by atoms with Crippen molar-refractivity contribution in [1.29, 1.82) is 0 Å². The first-order chi connectivity index (χ1) is 12.9. The Morgan fingerprint density at radius 1 is 1.07 bits per heavy atom. The van der Waals surface area contributed by atoms with Gasteiger partial charge in [0.25, 0.3) is 0 Å². The third-order valence-corrected chi connectivity index (χ3v) is 3.91. The lowest BCUT2D eigenvalue weighted by Crippen LogP contribution is -2.52. The van der Waals surface area contributed by atoms with Crippen molar-refractivity contribution in [1.82, 2.24) is 10.6 Å². The van der Waals surface area contributed by atoms with Gasteiger partial charge in [-0.25, -0.2) is 4.79 Å². The maximum Gasteiger partial charge on any atom is 0.328 e. The molecule has 2 N–H and O–H groups in total. The Morgan fingerprint density at radius 2 is 1.74 bits per heavy atom. The van der Waals surface area contributed by atoms with Crippen molar-refractivity contribution in [2.24, 2.45) is 5.92 Å². The fourth-order valence-corrected chi connectivity index (χ4v) is 2.63. The van der Waals surface area contributed by atoms with Gasteiger partial charge in [-0.05, 0) is 31.2 Å². The highest BCUT2D eigenvalue weighted by Gasteiger charge is 2.27. The third kappa shape index (κ3) is 8.68. The number of nitrogens with one attached hydrogen (secondary N) is 2. The van der Waals surface area contributed by atoms with Crippen LogP contribution >= 0.6 is 0 Å². The summed E-state index contributed by atoms with van der Waals surface area (Å²) in [5.41, 5.74) is 0.937. The first-order valence-electron chi connectivity index (χ1n) is 9.18. The average molecular weight is 378 g/mol. The van der Waals surface area contributed by atoms with Gasteiger partial charge in [-0.15, -0.1) is 0 Å². The maximum absolute atomic E-state index is 12.8. The summed E-state index contributed by atoms with van der Waals surface area (Å²) in [4.78, 5) is 36.4. The van der Waals surface area contributed by atoms with Gasteiger partial charge in [0, 0.05) is 0 Å². The van der Waals surface area contributed by atoms with Crippen LogP contribution in [0, 0.1) is 5.92 Å². The van der Waals surface area contributed by atoms with Crippen molar-refractivity contribution in [3.63, 3.8) is 0 Å². The Bertz CT molecular complexity index is 604. The molecule has 7 nitrogen and oxygen atoms in total. The third-order valence-electron chi connectivity index (χ3n) is 3.91. The molecule has 1 rings (SSSR count). The molecule has 1 aromatic carbocycles.